The summed E-state index contributed by atoms with van der Waals surface area (Å²) in [7, 11) is 1.58. The number of nitrogens with one attached hydrogen (secondary N) is 2. The topological polar surface area (TPSA) is 97.1 Å². The lowest BCUT2D eigenvalue weighted by Gasteiger charge is -2.26. The van der Waals surface area contributed by atoms with Crippen LogP contribution in [0.1, 0.15) is 44.6 Å². The number of aliphatic hydroxyl groups excluding tert-OH is 1. The smallest absolute Gasteiger partial charge is 0.227 e. The highest BCUT2D eigenvalue weighted by atomic mass is 79.9. The van der Waals surface area contributed by atoms with Crippen molar-refractivity contribution in [3.63, 3.8) is 0 Å². The van der Waals surface area contributed by atoms with Gasteiger partial charge in [0, 0.05) is 28.3 Å². The number of hydrogen-bond donors (Lipinski definition) is 3. The molecule has 2 heterocycles. The number of rotatable bonds is 6. The zero-order valence-electron chi connectivity index (χ0n) is 17.1. The number of ether oxygens (including phenoxy) is 1. The molecule has 31 heavy (non-hydrogen) atoms. The van der Waals surface area contributed by atoms with Gasteiger partial charge in [0.25, 0.3) is 0 Å². The lowest BCUT2D eigenvalue weighted by molar-refractivity contribution is 0.126. The summed E-state index contributed by atoms with van der Waals surface area (Å²) in [6.45, 7) is 0. The summed E-state index contributed by atoms with van der Waals surface area (Å²) in [5.41, 5.74) is 2.32. The van der Waals surface area contributed by atoms with E-state index < -0.39 is 0 Å². The van der Waals surface area contributed by atoms with Crippen LogP contribution < -0.4 is 15.4 Å². The number of methoxy groups -OCH3 is 1. The summed E-state index contributed by atoms with van der Waals surface area (Å²) in [4.78, 5) is 14.1. The maximum atomic E-state index is 9.80. The van der Waals surface area contributed by atoms with Gasteiger partial charge < -0.3 is 25.0 Å². The fourth-order valence-electron chi connectivity index (χ4n) is 4.01. The molecule has 8 nitrogen and oxygen atoms in total. The quantitative estimate of drug-likeness (QED) is 0.430. The third-order valence-electron chi connectivity index (χ3n) is 5.87. The molecule has 2 aliphatic carbocycles. The van der Waals surface area contributed by atoms with Crippen LogP contribution in [0.2, 0.25) is 5.02 Å². The molecule has 5 rings (SSSR count). The van der Waals surface area contributed by atoms with E-state index in [1.807, 2.05) is 18.5 Å². The van der Waals surface area contributed by atoms with Crippen molar-refractivity contribution in [2.45, 2.75) is 56.7 Å². The molecule has 0 unspecified atom stereocenters. The molecule has 2 fully saturated rings. The molecule has 0 atom stereocenters. The molecule has 3 N–H and O–H groups in total. The number of imidazole rings is 1. The van der Waals surface area contributed by atoms with Crippen molar-refractivity contribution < 1.29 is 9.84 Å². The Morgan fingerprint density at radius 1 is 1.16 bits per heavy atom. The fraction of sp³-hybridized carbons (Fsp3) is 0.476. The minimum absolute atomic E-state index is 0.201. The van der Waals surface area contributed by atoms with Gasteiger partial charge in [-0.15, -0.1) is 0 Å². The summed E-state index contributed by atoms with van der Waals surface area (Å²) >= 11 is 9.76. The predicted octanol–water partition coefficient (Wildman–Crippen LogP) is 5.04. The van der Waals surface area contributed by atoms with Gasteiger partial charge in [0.15, 0.2) is 17.0 Å². The first-order valence-electron chi connectivity index (χ1n) is 10.5. The van der Waals surface area contributed by atoms with Gasteiger partial charge in [-0.2, -0.15) is 9.97 Å². The molecule has 0 spiro atoms. The number of nitrogens with zero attached hydrogens (tertiary/aromatic N) is 4. The van der Waals surface area contributed by atoms with E-state index in [0.717, 1.165) is 59.8 Å². The van der Waals surface area contributed by atoms with Crippen LogP contribution in [0.4, 0.5) is 17.5 Å². The predicted molar refractivity (Wildman–Crippen MR) is 124 cm³/mol. The van der Waals surface area contributed by atoms with E-state index in [2.05, 4.69) is 36.1 Å². The Hall–Kier alpha value is -2.10. The Morgan fingerprint density at radius 3 is 2.65 bits per heavy atom. The summed E-state index contributed by atoms with van der Waals surface area (Å²) in [6, 6.07) is 4.41. The van der Waals surface area contributed by atoms with E-state index in [0.29, 0.717) is 28.6 Å². The Morgan fingerprint density at radius 2 is 1.94 bits per heavy atom. The van der Waals surface area contributed by atoms with E-state index in [4.69, 9.17) is 26.3 Å². The van der Waals surface area contributed by atoms with E-state index in [1.54, 1.807) is 7.11 Å². The summed E-state index contributed by atoms with van der Waals surface area (Å²) < 4.78 is 8.24. The van der Waals surface area contributed by atoms with Gasteiger partial charge in [-0.1, -0.05) is 11.6 Å². The Kier molecular flexibility index (Phi) is 5.66. The molecule has 0 saturated heterocycles. The molecule has 2 aliphatic rings. The Balaban J connectivity index is 1.51. The van der Waals surface area contributed by atoms with E-state index in [9.17, 15) is 5.11 Å². The third kappa shape index (κ3) is 4.31. The van der Waals surface area contributed by atoms with Crippen LogP contribution in [0, 0.1) is 0 Å². The highest BCUT2D eigenvalue weighted by Crippen LogP contribution is 2.39. The van der Waals surface area contributed by atoms with Crippen molar-refractivity contribution >= 4 is 56.1 Å². The van der Waals surface area contributed by atoms with Crippen molar-refractivity contribution in [1.82, 2.24) is 19.5 Å². The maximum Gasteiger partial charge on any atom is 0.227 e. The lowest BCUT2D eigenvalue weighted by Crippen LogP contribution is -2.29. The van der Waals surface area contributed by atoms with Crippen molar-refractivity contribution in [3.05, 3.63) is 28.0 Å². The highest BCUT2D eigenvalue weighted by molar-refractivity contribution is 9.10. The average molecular weight is 508 g/mol. The summed E-state index contributed by atoms with van der Waals surface area (Å²) in [6.07, 6.45) is 7.32. The monoisotopic (exact) mass is 506 g/mol. The van der Waals surface area contributed by atoms with Gasteiger partial charge in [0.05, 0.1) is 24.6 Å². The number of aromatic nitrogens is 4. The fourth-order valence-corrected chi connectivity index (χ4v) is 4.64. The number of halogens is 2. The van der Waals surface area contributed by atoms with E-state index in [-0.39, 0.29) is 12.1 Å². The minimum atomic E-state index is -0.201. The number of aliphatic hydroxyl groups is 1. The molecular weight excluding hydrogens is 484 g/mol. The first-order chi connectivity index (χ1) is 15.0. The summed E-state index contributed by atoms with van der Waals surface area (Å²) in [5.74, 6) is 1.75. The second-order valence-corrected chi connectivity index (χ2v) is 9.43. The largest absolute Gasteiger partial charge is 0.495 e. The highest BCUT2D eigenvalue weighted by Gasteiger charge is 2.28. The van der Waals surface area contributed by atoms with E-state index >= 15 is 0 Å². The van der Waals surface area contributed by atoms with Gasteiger partial charge in [-0.05, 0) is 60.5 Å². The van der Waals surface area contributed by atoms with Crippen LogP contribution >= 0.6 is 27.5 Å². The number of anilines is 3. The zero-order valence-corrected chi connectivity index (χ0v) is 19.4. The second-order valence-electron chi connectivity index (χ2n) is 8.20. The molecule has 0 bridgehead atoms. The zero-order chi connectivity index (χ0) is 21.5. The molecule has 164 valence electrons. The van der Waals surface area contributed by atoms with Crippen LogP contribution in [-0.4, -0.2) is 43.9 Å². The van der Waals surface area contributed by atoms with Crippen LogP contribution in [0.5, 0.6) is 5.75 Å². The van der Waals surface area contributed by atoms with Crippen LogP contribution in [0.25, 0.3) is 11.2 Å². The van der Waals surface area contributed by atoms with Gasteiger partial charge in [-0.25, -0.2) is 4.98 Å². The first kappa shape index (κ1) is 20.8. The molecule has 0 amide bonds. The van der Waals surface area contributed by atoms with Crippen LogP contribution in [0.15, 0.2) is 22.9 Å². The minimum Gasteiger partial charge on any atom is -0.495 e. The van der Waals surface area contributed by atoms with Gasteiger partial charge >= 0.3 is 0 Å². The Labute approximate surface area is 193 Å². The SMILES string of the molecule is COc1cc(Nc2nc(NC3CCC(O)CC3)nc3c2ncn3C2CC2)cc(Br)c1Cl. The van der Waals surface area contributed by atoms with E-state index in [1.165, 1.54) is 0 Å². The molecule has 2 saturated carbocycles. The van der Waals surface area contributed by atoms with Gasteiger partial charge in [-0.3, -0.25) is 0 Å². The van der Waals surface area contributed by atoms with Crippen molar-refractivity contribution in [1.29, 1.82) is 0 Å². The van der Waals surface area contributed by atoms with Gasteiger partial charge in [0.1, 0.15) is 5.75 Å². The number of benzene rings is 1. The second kappa shape index (κ2) is 8.44. The molecule has 3 aromatic rings. The lowest BCUT2D eigenvalue weighted by atomic mass is 9.93. The molecule has 2 aromatic heterocycles. The molecule has 0 aliphatic heterocycles. The molecule has 1 aromatic carbocycles. The average Bonchev–Trinajstić information content (AvgIpc) is 3.51. The molecular formula is C21H24BrClN6O2. The van der Waals surface area contributed by atoms with Crippen molar-refractivity contribution in [2.75, 3.05) is 17.7 Å². The third-order valence-corrected chi connectivity index (χ3v) is 7.11. The van der Waals surface area contributed by atoms with Crippen LogP contribution in [0.3, 0.4) is 0 Å². The van der Waals surface area contributed by atoms with Crippen LogP contribution in [-0.2, 0) is 0 Å². The van der Waals surface area contributed by atoms with Crippen molar-refractivity contribution in [2.24, 2.45) is 0 Å². The number of hydrogen-bond acceptors (Lipinski definition) is 7. The number of fused-ring (bicyclic) bond motifs is 1. The Bertz CT molecular complexity index is 1110. The van der Waals surface area contributed by atoms with Crippen molar-refractivity contribution in [3.8, 4) is 5.75 Å². The molecule has 0 radical (unpaired) electrons. The summed E-state index contributed by atoms with van der Waals surface area (Å²) in [5, 5.41) is 17.2. The standard InChI is InChI=1S/C21H24BrClN6O2/c1-31-16-9-12(8-15(22)17(16)23)25-19-18-20(29(10-24-18)13-4-5-13)28-21(27-19)26-11-2-6-14(30)7-3-11/h8-11,13-14,30H,2-7H2,1H3,(H2,25,26,27,28). The first-order valence-corrected chi connectivity index (χ1v) is 11.7. The normalized spacial score (nSPS) is 21.3. The maximum absolute atomic E-state index is 9.80. The molecule has 10 heteroatoms. The van der Waals surface area contributed by atoms with Gasteiger partial charge in [0.2, 0.25) is 5.95 Å².